The fourth-order valence-corrected chi connectivity index (χ4v) is 3.56. The van der Waals surface area contributed by atoms with E-state index >= 15 is 0 Å². The number of pyridine rings is 1. The third kappa shape index (κ3) is 2.02. The van der Waals surface area contributed by atoms with Crippen LogP contribution in [-0.2, 0) is 0 Å². The number of nitrogens with one attached hydrogen (secondary N) is 1. The molecule has 4 heteroatoms. The van der Waals surface area contributed by atoms with Gasteiger partial charge in [-0.15, -0.1) is 0 Å². The summed E-state index contributed by atoms with van der Waals surface area (Å²) in [6.07, 6.45) is 10.0. The predicted molar refractivity (Wildman–Crippen MR) is 73.8 cm³/mol. The Labute approximate surface area is 106 Å². The maximum absolute atomic E-state index is 4.31. The van der Waals surface area contributed by atoms with E-state index in [4.69, 9.17) is 0 Å². The van der Waals surface area contributed by atoms with E-state index in [1.165, 1.54) is 19.3 Å². The normalized spacial score (nSPS) is 24.3. The lowest BCUT2D eigenvalue weighted by atomic mass is 10.2. The minimum Gasteiger partial charge on any atom is -0.367 e. The summed E-state index contributed by atoms with van der Waals surface area (Å²) in [5.41, 5.74) is 1.01. The molecule has 0 spiro atoms. The van der Waals surface area contributed by atoms with Crippen molar-refractivity contribution in [2.75, 3.05) is 11.6 Å². The van der Waals surface area contributed by atoms with E-state index in [0.29, 0.717) is 6.04 Å². The summed E-state index contributed by atoms with van der Waals surface area (Å²) in [5, 5.41) is 4.42. The fraction of sp³-hybridized carbons (Fsp3) is 0.462. The van der Waals surface area contributed by atoms with E-state index in [2.05, 4.69) is 33.1 Å². The first kappa shape index (κ1) is 11.0. The van der Waals surface area contributed by atoms with Gasteiger partial charge in [-0.2, -0.15) is 11.8 Å². The maximum atomic E-state index is 4.31. The molecule has 1 N–H and O–H groups in total. The van der Waals surface area contributed by atoms with Gasteiger partial charge in [0.1, 0.15) is 11.5 Å². The third-order valence-electron chi connectivity index (χ3n) is 3.52. The molecule has 3 nitrogen and oxygen atoms in total. The third-order valence-corrected chi connectivity index (χ3v) is 4.69. The zero-order valence-corrected chi connectivity index (χ0v) is 10.8. The van der Waals surface area contributed by atoms with E-state index in [-0.39, 0.29) is 0 Å². The molecular formula is C13H17N3S. The second-order valence-corrected chi connectivity index (χ2v) is 5.60. The summed E-state index contributed by atoms with van der Waals surface area (Å²) in [4.78, 5) is 4.31. The van der Waals surface area contributed by atoms with Crippen molar-refractivity contribution in [3.8, 4) is 0 Å². The van der Waals surface area contributed by atoms with E-state index in [9.17, 15) is 0 Å². The van der Waals surface area contributed by atoms with Gasteiger partial charge in [0, 0.05) is 23.7 Å². The lowest BCUT2D eigenvalue weighted by Crippen LogP contribution is -2.26. The molecule has 2 unspecified atom stereocenters. The van der Waals surface area contributed by atoms with Crippen molar-refractivity contribution in [2.24, 2.45) is 0 Å². The molecule has 17 heavy (non-hydrogen) atoms. The second kappa shape index (κ2) is 4.61. The number of imidazole rings is 1. The lowest BCUT2D eigenvalue weighted by molar-refractivity contribution is 0.761. The molecule has 90 valence electrons. The summed E-state index contributed by atoms with van der Waals surface area (Å²) in [5.74, 6) is 1.16. The Kier molecular flexibility index (Phi) is 2.97. The minimum atomic E-state index is 0.595. The minimum absolute atomic E-state index is 0.595. The Balaban J connectivity index is 1.87. The van der Waals surface area contributed by atoms with Gasteiger partial charge in [0.25, 0.3) is 0 Å². The zero-order valence-electron chi connectivity index (χ0n) is 9.97. The van der Waals surface area contributed by atoms with Gasteiger partial charge in [-0.3, -0.25) is 4.40 Å². The molecule has 1 saturated carbocycles. The number of hydrogen-bond donors (Lipinski definition) is 1. The van der Waals surface area contributed by atoms with Crippen molar-refractivity contribution in [1.82, 2.24) is 9.38 Å². The van der Waals surface area contributed by atoms with Crippen LogP contribution in [0, 0.1) is 0 Å². The predicted octanol–water partition coefficient (Wildman–Crippen LogP) is 3.03. The standard InChI is InChI=1S/C13H17N3S/c1-17-11-5-2-4-10(11)15-13-7-3-6-12-14-8-9-16(12)13/h3,6-11,15H,2,4-5H2,1H3. The highest BCUT2D eigenvalue weighted by Gasteiger charge is 2.26. The number of aromatic nitrogens is 2. The molecule has 2 atom stereocenters. The van der Waals surface area contributed by atoms with Gasteiger partial charge in [0.05, 0.1) is 0 Å². The maximum Gasteiger partial charge on any atom is 0.138 e. The number of rotatable bonds is 3. The molecule has 0 saturated heterocycles. The highest BCUT2D eigenvalue weighted by Crippen LogP contribution is 2.30. The van der Waals surface area contributed by atoms with E-state index in [1.807, 2.05) is 30.2 Å². The number of fused-ring (bicyclic) bond motifs is 1. The van der Waals surface area contributed by atoms with Gasteiger partial charge >= 0.3 is 0 Å². The molecule has 2 aromatic rings. The summed E-state index contributed by atoms with van der Waals surface area (Å²) in [6.45, 7) is 0. The van der Waals surface area contributed by atoms with Crippen LogP contribution in [0.2, 0.25) is 0 Å². The molecule has 2 heterocycles. The number of anilines is 1. The van der Waals surface area contributed by atoms with E-state index in [1.54, 1.807) is 0 Å². The van der Waals surface area contributed by atoms with Crippen molar-refractivity contribution in [1.29, 1.82) is 0 Å². The smallest absolute Gasteiger partial charge is 0.138 e. The molecule has 0 amide bonds. The summed E-state index contributed by atoms with van der Waals surface area (Å²) in [6, 6.07) is 6.82. The van der Waals surface area contributed by atoms with Crippen molar-refractivity contribution < 1.29 is 0 Å². The Morgan fingerprint density at radius 3 is 3.24 bits per heavy atom. The van der Waals surface area contributed by atoms with Gasteiger partial charge in [0.2, 0.25) is 0 Å². The molecule has 3 rings (SSSR count). The Morgan fingerprint density at radius 2 is 2.35 bits per heavy atom. The molecule has 0 bridgehead atoms. The van der Waals surface area contributed by atoms with Gasteiger partial charge < -0.3 is 5.32 Å². The van der Waals surface area contributed by atoms with E-state index < -0.39 is 0 Å². The second-order valence-electron chi connectivity index (χ2n) is 4.52. The zero-order chi connectivity index (χ0) is 11.7. The van der Waals surface area contributed by atoms with E-state index in [0.717, 1.165) is 16.7 Å². The highest BCUT2D eigenvalue weighted by molar-refractivity contribution is 7.99. The van der Waals surface area contributed by atoms with Crippen LogP contribution in [0.25, 0.3) is 5.65 Å². The van der Waals surface area contributed by atoms with Gasteiger partial charge in [-0.05, 0) is 31.2 Å². The van der Waals surface area contributed by atoms with Crippen LogP contribution in [0.5, 0.6) is 0 Å². The fourth-order valence-electron chi connectivity index (χ4n) is 2.63. The van der Waals surface area contributed by atoms with Crippen LogP contribution in [-0.4, -0.2) is 26.9 Å². The average Bonchev–Trinajstić information content (AvgIpc) is 2.97. The van der Waals surface area contributed by atoms with Gasteiger partial charge in [0.15, 0.2) is 0 Å². The SMILES string of the molecule is CSC1CCCC1Nc1cccc2nccn12. The number of thioether (sulfide) groups is 1. The molecule has 1 aliphatic carbocycles. The monoisotopic (exact) mass is 247 g/mol. The van der Waals surface area contributed by atoms with Crippen LogP contribution >= 0.6 is 11.8 Å². The first-order valence-corrected chi connectivity index (χ1v) is 7.38. The molecule has 1 aliphatic rings. The largest absolute Gasteiger partial charge is 0.367 e. The van der Waals surface area contributed by atoms with Crippen LogP contribution in [0.1, 0.15) is 19.3 Å². The van der Waals surface area contributed by atoms with Crippen LogP contribution < -0.4 is 5.32 Å². The summed E-state index contributed by atoms with van der Waals surface area (Å²) >= 11 is 1.98. The van der Waals surface area contributed by atoms with Gasteiger partial charge in [-0.25, -0.2) is 4.98 Å². The van der Waals surface area contributed by atoms with Crippen molar-refractivity contribution in [3.05, 3.63) is 30.6 Å². The summed E-state index contributed by atoms with van der Waals surface area (Å²) in [7, 11) is 0. The van der Waals surface area contributed by atoms with Crippen LogP contribution in [0.4, 0.5) is 5.82 Å². The topological polar surface area (TPSA) is 29.3 Å². The van der Waals surface area contributed by atoms with Crippen LogP contribution in [0.15, 0.2) is 30.6 Å². The number of hydrogen-bond acceptors (Lipinski definition) is 3. The van der Waals surface area contributed by atoms with Gasteiger partial charge in [-0.1, -0.05) is 12.5 Å². The number of nitrogens with zero attached hydrogens (tertiary/aromatic N) is 2. The first-order chi connectivity index (χ1) is 8.38. The average molecular weight is 247 g/mol. The Hall–Kier alpha value is -1.16. The molecule has 2 aromatic heterocycles. The molecule has 0 aliphatic heterocycles. The van der Waals surface area contributed by atoms with Crippen molar-refractivity contribution >= 4 is 23.2 Å². The summed E-state index contributed by atoms with van der Waals surface area (Å²) < 4.78 is 2.12. The molecular weight excluding hydrogens is 230 g/mol. The highest BCUT2D eigenvalue weighted by atomic mass is 32.2. The quantitative estimate of drug-likeness (QED) is 0.904. The first-order valence-electron chi connectivity index (χ1n) is 6.10. The Bertz CT molecular complexity index is 508. The Morgan fingerprint density at radius 1 is 1.41 bits per heavy atom. The molecule has 1 fully saturated rings. The molecule has 0 radical (unpaired) electrons. The molecule has 0 aromatic carbocycles. The van der Waals surface area contributed by atoms with Crippen LogP contribution in [0.3, 0.4) is 0 Å². The van der Waals surface area contributed by atoms with Crippen molar-refractivity contribution in [2.45, 2.75) is 30.6 Å². The van der Waals surface area contributed by atoms with Crippen molar-refractivity contribution in [3.63, 3.8) is 0 Å². The lowest BCUT2D eigenvalue weighted by Gasteiger charge is -2.21.